The first-order valence-corrected chi connectivity index (χ1v) is 4.25. The first-order valence-electron chi connectivity index (χ1n) is 4.25. The standard InChI is InChI=1S/C8H15NO2.C2H2/c1-8(9)4-3-6(5-8)7(10)11-2;1-2/h6H,3-5,9H2,1-2H3;1-2H. The van der Waals surface area contributed by atoms with Crippen LogP contribution >= 0.6 is 0 Å². The van der Waals surface area contributed by atoms with Crippen molar-refractivity contribution in [3.8, 4) is 12.8 Å². The van der Waals surface area contributed by atoms with Gasteiger partial charge in [0.1, 0.15) is 0 Å². The van der Waals surface area contributed by atoms with Crippen LogP contribution in [0.15, 0.2) is 0 Å². The van der Waals surface area contributed by atoms with Gasteiger partial charge < -0.3 is 10.5 Å². The number of carbonyl (C=O) groups excluding carboxylic acids is 1. The molecule has 2 N–H and O–H groups in total. The number of ether oxygens (including phenoxy) is 1. The van der Waals surface area contributed by atoms with Gasteiger partial charge in [-0.2, -0.15) is 0 Å². The van der Waals surface area contributed by atoms with Crippen LogP contribution in [-0.4, -0.2) is 18.6 Å². The summed E-state index contributed by atoms with van der Waals surface area (Å²) in [5, 5.41) is 0. The lowest BCUT2D eigenvalue weighted by molar-refractivity contribution is -0.145. The van der Waals surface area contributed by atoms with Gasteiger partial charge in [-0.05, 0) is 26.2 Å². The largest absolute Gasteiger partial charge is 0.469 e. The molecule has 2 atom stereocenters. The minimum absolute atomic E-state index is 0.0370. The molecule has 0 heterocycles. The average molecular weight is 183 g/mol. The highest BCUT2D eigenvalue weighted by atomic mass is 16.5. The van der Waals surface area contributed by atoms with E-state index >= 15 is 0 Å². The number of esters is 1. The molecular weight excluding hydrogens is 166 g/mol. The summed E-state index contributed by atoms with van der Waals surface area (Å²) in [7, 11) is 1.43. The molecular formula is C10H17NO2. The lowest BCUT2D eigenvalue weighted by atomic mass is 10.0. The molecule has 0 spiro atoms. The fourth-order valence-electron chi connectivity index (χ4n) is 1.64. The Bertz CT molecular complexity index is 196. The van der Waals surface area contributed by atoms with Crippen LogP contribution in [0.5, 0.6) is 0 Å². The van der Waals surface area contributed by atoms with Crippen molar-refractivity contribution in [2.45, 2.75) is 31.7 Å². The molecule has 74 valence electrons. The Morgan fingerprint density at radius 1 is 1.62 bits per heavy atom. The minimum atomic E-state index is -0.154. The van der Waals surface area contributed by atoms with Crippen LogP contribution in [0.4, 0.5) is 0 Å². The average Bonchev–Trinajstić information content (AvgIpc) is 2.48. The van der Waals surface area contributed by atoms with Crippen LogP contribution in [0.1, 0.15) is 26.2 Å². The van der Waals surface area contributed by atoms with Crippen molar-refractivity contribution in [3.63, 3.8) is 0 Å². The van der Waals surface area contributed by atoms with Gasteiger partial charge in [0, 0.05) is 5.54 Å². The van der Waals surface area contributed by atoms with Crippen molar-refractivity contribution in [2.75, 3.05) is 7.11 Å². The van der Waals surface area contributed by atoms with Crippen molar-refractivity contribution >= 4 is 5.97 Å². The molecule has 13 heavy (non-hydrogen) atoms. The van der Waals surface area contributed by atoms with E-state index in [4.69, 9.17) is 5.73 Å². The van der Waals surface area contributed by atoms with Crippen LogP contribution in [0.3, 0.4) is 0 Å². The smallest absolute Gasteiger partial charge is 0.308 e. The highest BCUT2D eigenvalue weighted by Crippen LogP contribution is 2.32. The van der Waals surface area contributed by atoms with Gasteiger partial charge >= 0.3 is 5.97 Å². The topological polar surface area (TPSA) is 52.3 Å². The summed E-state index contributed by atoms with van der Waals surface area (Å²) in [5.74, 6) is -0.0748. The van der Waals surface area contributed by atoms with Gasteiger partial charge in [0.2, 0.25) is 0 Å². The summed E-state index contributed by atoms with van der Waals surface area (Å²) in [6, 6.07) is 0. The van der Waals surface area contributed by atoms with E-state index in [9.17, 15) is 4.79 Å². The molecule has 0 bridgehead atoms. The number of hydrogen-bond acceptors (Lipinski definition) is 3. The first-order chi connectivity index (χ1) is 6.05. The van der Waals surface area contributed by atoms with Crippen molar-refractivity contribution in [2.24, 2.45) is 11.7 Å². The van der Waals surface area contributed by atoms with Crippen LogP contribution in [0, 0.1) is 18.8 Å². The second-order valence-corrected chi connectivity index (χ2v) is 3.62. The molecule has 1 aliphatic rings. The van der Waals surface area contributed by atoms with E-state index in [0.29, 0.717) is 0 Å². The van der Waals surface area contributed by atoms with Crippen LogP contribution < -0.4 is 5.73 Å². The molecule has 1 fully saturated rings. The van der Waals surface area contributed by atoms with Crippen molar-refractivity contribution in [3.05, 3.63) is 0 Å². The fourth-order valence-corrected chi connectivity index (χ4v) is 1.64. The van der Waals surface area contributed by atoms with Gasteiger partial charge in [0.05, 0.1) is 13.0 Å². The number of nitrogens with two attached hydrogens (primary N) is 1. The van der Waals surface area contributed by atoms with Crippen LogP contribution in [0.25, 0.3) is 0 Å². The quantitative estimate of drug-likeness (QED) is 0.486. The zero-order valence-electron chi connectivity index (χ0n) is 8.25. The highest BCUT2D eigenvalue weighted by Gasteiger charge is 2.35. The first kappa shape index (κ1) is 12.0. The second kappa shape index (κ2) is 4.88. The van der Waals surface area contributed by atoms with Crippen molar-refractivity contribution < 1.29 is 9.53 Å². The maximum Gasteiger partial charge on any atom is 0.308 e. The Morgan fingerprint density at radius 3 is 2.46 bits per heavy atom. The highest BCUT2D eigenvalue weighted by molar-refractivity contribution is 5.72. The maximum absolute atomic E-state index is 11.0. The normalized spacial score (nSPS) is 31.6. The molecule has 3 nitrogen and oxygen atoms in total. The molecule has 2 unspecified atom stereocenters. The molecule has 0 aromatic rings. The maximum atomic E-state index is 11.0. The minimum Gasteiger partial charge on any atom is -0.469 e. The lowest BCUT2D eigenvalue weighted by Crippen LogP contribution is -2.33. The van der Waals surface area contributed by atoms with Gasteiger partial charge in [-0.15, -0.1) is 12.8 Å². The Morgan fingerprint density at radius 2 is 2.15 bits per heavy atom. The molecule has 1 rings (SSSR count). The summed E-state index contributed by atoms with van der Waals surface area (Å²) in [6.45, 7) is 1.98. The Balaban J connectivity index is 0.000000671. The summed E-state index contributed by atoms with van der Waals surface area (Å²) in [4.78, 5) is 11.0. The van der Waals surface area contributed by atoms with Crippen LogP contribution in [0.2, 0.25) is 0 Å². The molecule has 0 saturated heterocycles. The van der Waals surface area contributed by atoms with Gasteiger partial charge in [-0.3, -0.25) is 4.79 Å². The second-order valence-electron chi connectivity index (χ2n) is 3.62. The van der Waals surface area contributed by atoms with Gasteiger partial charge in [-0.25, -0.2) is 0 Å². The van der Waals surface area contributed by atoms with E-state index < -0.39 is 0 Å². The molecule has 1 saturated carbocycles. The predicted molar refractivity (Wildman–Crippen MR) is 51.8 cm³/mol. The number of methoxy groups -OCH3 is 1. The zero-order valence-corrected chi connectivity index (χ0v) is 8.25. The fraction of sp³-hybridized carbons (Fsp3) is 0.700. The summed E-state index contributed by atoms with van der Waals surface area (Å²) < 4.78 is 4.63. The third-order valence-corrected chi connectivity index (χ3v) is 2.31. The predicted octanol–water partition coefficient (Wildman–Crippen LogP) is 0.926. The lowest BCUT2D eigenvalue weighted by Gasteiger charge is -2.16. The van der Waals surface area contributed by atoms with Gasteiger partial charge in [0.15, 0.2) is 0 Å². The molecule has 0 aromatic heterocycles. The molecule has 3 heteroatoms. The van der Waals surface area contributed by atoms with Crippen molar-refractivity contribution in [1.29, 1.82) is 0 Å². The number of hydrogen-bond donors (Lipinski definition) is 1. The van der Waals surface area contributed by atoms with E-state index in [1.807, 2.05) is 6.92 Å². The Hall–Kier alpha value is -1.01. The summed E-state index contributed by atoms with van der Waals surface area (Å²) in [6.07, 6.45) is 10.6. The molecule has 0 radical (unpaired) electrons. The third kappa shape index (κ3) is 3.47. The van der Waals surface area contributed by atoms with Gasteiger partial charge in [0.25, 0.3) is 0 Å². The van der Waals surface area contributed by atoms with E-state index in [2.05, 4.69) is 17.6 Å². The Kier molecular flexibility index (Phi) is 4.50. The summed E-state index contributed by atoms with van der Waals surface area (Å²) in [5.41, 5.74) is 5.70. The Labute approximate surface area is 79.6 Å². The summed E-state index contributed by atoms with van der Waals surface area (Å²) >= 11 is 0. The van der Waals surface area contributed by atoms with E-state index in [-0.39, 0.29) is 17.4 Å². The molecule has 1 aliphatic carbocycles. The van der Waals surface area contributed by atoms with E-state index in [0.717, 1.165) is 19.3 Å². The molecule has 0 aliphatic heterocycles. The molecule has 0 amide bonds. The number of rotatable bonds is 1. The monoisotopic (exact) mass is 183 g/mol. The van der Waals surface area contributed by atoms with Crippen LogP contribution in [-0.2, 0) is 9.53 Å². The zero-order chi connectivity index (χ0) is 10.5. The van der Waals surface area contributed by atoms with Gasteiger partial charge in [-0.1, -0.05) is 0 Å². The molecule has 0 aromatic carbocycles. The SMILES string of the molecule is C#C.COC(=O)C1CCC(C)(N)C1. The van der Waals surface area contributed by atoms with E-state index in [1.165, 1.54) is 7.11 Å². The number of carbonyl (C=O) groups is 1. The van der Waals surface area contributed by atoms with E-state index in [1.54, 1.807) is 0 Å². The number of terminal acetylenes is 1. The van der Waals surface area contributed by atoms with Crippen molar-refractivity contribution in [1.82, 2.24) is 0 Å². The third-order valence-electron chi connectivity index (χ3n) is 2.31.